The summed E-state index contributed by atoms with van der Waals surface area (Å²) in [7, 11) is 0. The standard InChI is InChI=1S/C38H74N8O10/c1-2-3-21-41-36(49)30-55-28-27-54-25-23-43-37(50)31-56-29-26-53-24-22-42-34(47)20-19-32(38(51)52)44-35(48)18-16-14-12-10-8-6-4-5-7-9-11-13-15-17-33(45-39)46-40/h32H,2-31,39-40H2,1H3,(H,41,49)(H,42,47)(H,43,50)(H,44,48)(H,45,46)(H,51,52)/t32-/m0/s1. The molecule has 0 aliphatic rings. The SMILES string of the molecule is CCCCNC(=O)COCCOCCNC(=O)COCCOCCNC(=O)CC[C@H](NC(=O)CCCCCCCCCCCCCCC/C(=N/N)NN)C(=O)O. The normalized spacial score (nSPS) is 11.9. The predicted octanol–water partition coefficient (Wildman–Crippen LogP) is 2.14. The first kappa shape index (κ1) is 52.4. The van der Waals surface area contributed by atoms with E-state index in [9.17, 15) is 29.1 Å². The molecule has 4 amide bonds. The van der Waals surface area contributed by atoms with Crippen LogP contribution in [0, 0.1) is 0 Å². The lowest BCUT2D eigenvalue weighted by atomic mass is 10.0. The summed E-state index contributed by atoms with van der Waals surface area (Å²) in [6.07, 6.45) is 17.5. The van der Waals surface area contributed by atoms with Crippen molar-refractivity contribution in [2.45, 2.75) is 135 Å². The Hall–Kier alpha value is -3.58. The lowest BCUT2D eigenvalue weighted by molar-refractivity contribution is -0.142. The highest BCUT2D eigenvalue weighted by Crippen LogP contribution is 2.13. The van der Waals surface area contributed by atoms with E-state index in [1.807, 2.05) is 6.92 Å². The molecule has 18 nitrogen and oxygen atoms in total. The highest BCUT2D eigenvalue weighted by molar-refractivity contribution is 5.84. The Morgan fingerprint density at radius 1 is 0.554 bits per heavy atom. The number of nitrogens with two attached hydrogens (primary N) is 2. The Balaban J connectivity index is 3.66. The molecule has 10 N–H and O–H groups in total. The molecule has 326 valence electrons. The minimum absolute atomic E-state index is 0.00816. The zero-order valence-corrected chi connectivity index (χ0v) is 34.0. The highest BCUT2D eigenvalue weighted by atomic mass is 16.5. The molecule has 56 heavy (non-hydrogen) atoms. The van der Waals surface area contributed by atoms with E-state index in [2.05, 4.69) is 31.8 Å². The fraction of sp³-hybridized carbons (Fsp3) is 0.842. The number of rotatable bonds is 40. The van der Waals surface area contributed by atoms with Crippen LogP contribution in [0.25, 0.3) is 0 Å². The first-order chi connectivity index (χ1) is 27.2. The lowest BCUT2D eigenvalue weighted by Crippen LogP contribution is -2.41. The zero-order chi connectivity index (χ0) is 41.3. The largest absolute Gasteiger partial charge is 0.480 e. The Kier molecular flexibility index (Phi) is 37.1. The third kappa shape index (κ3) is 36.1. The van der Waals surface area contributed by atoms with Crippen molar-refractivity contribution in [2.24, 2.45) is 16.8 Å². The maximum Gasteiger partial charge on any atom is 0.326 e. The fourth-order valence-electron chi connectivity index (χ4n) is 5.39. The second-order valence-electron chi connectivity index (χ2n) is 13.5. The van der Waals surface area contributed by atoms with Gasteiger partial charge in [-0.05, 0) is 25.7 Å². The van der Waals surface area contributed by atoms with E-state index in [-0.39, 0.29) is 89.1 Å². The minimum Gasteiger partial charge on any atom is -0.480 e. The number of ether oxygens (including phenoxy) is 4. The van der Waals surface area contributed by atoms with Gasteiger partial charge >= 0.3 is 5.97 Å². The van der Waals surface area contributed by atoms with E-state index in [1.165, 1.54) is 44.9 Å². The van der Waals surface area contributed by atoms with E-state index in [0.29, 0.717) is 38.6 Å². The van der Waals surface area contributed by atoms with Crippen molar-refractivity contribution < 1.29 is 48.0 Å². The number of hydrazine groups is 1. The van der Waals surface area contributed by atoms with Gasteiger partial charge in [0.15, 0.2) is 0 Å². The van der Waals surface area contributed by atoms with Gasteiger partial charge in [-0.1, -0.05) is 84.0 Å². The molecule has 18 heteroatoms. The van der Waals surface area contributed by atoms with Gasteiger partial charge in [0.25, 0.3) is 0 Å². The number of hydrogen-bond donors (Lipinski definition) is 8. The summed E-state index contributed by atoms with van der Waals surface area (Å²) in [5, 5.41) is 23.7. The third-order valence-electron chi connectivity index (χ3n) is 8.63. The van der Waals surface area contributed by atoms with Crippen LogP contribution in [0.15, 0.2) is 5.10 Å². The average Bonchev–Trinajstić information content (AvgIpc) is 3.18. The van der Waals surface area contributed by atoms with Crippen LogP contribution in [-0.4, -0.2) is 119 Å². The number of hydrazone groups is 1. The fourth-order valence-corrected chi connectivity index (χ4v) is 5.39. The number of amidine groups is 1. The van der Waals surface area contributed by atoms with Crippen LogP contribution in [0.2, 0.25) is 0 Å². The number of aliphatic carboxylic acids is 1. The Bertz CT molecular complexity index is 1050. The number of nitrogens with one attached hydrogen (secondary N) is 5. The lowest BCUT2D eigenvalue weighted by Gasteiger charge is -2.14. The summed E-state index contributed by atoms with van der Waals surface area (Å²) < 4.78 is 21.2. The molecule has 0 spiro atoms. The van der Waals surface area contributed by atoms with Crippen LogP contribution < -0.4 is 38.4 Å². The van der Waals surface area contributed by atoms with Gasteiger partial charge in [0, 0.05) is 38.9 Å². The molecule has 0 fully saturated rings. The van der Waals surface area contributed by atoms with Crippen molar-refractivity contribution in [1.29, 1.82) is 0 Å². The van der Waals surface area contributed by atoms with Crippen LogP contribution in [0.5, 0.6) is 0 Å². The Labute approximate surface area is 334 Å². The smallest absolute Gasteiger partial charge is 0.326 e. The van der Waals surface area contributed by atoms with Crippen molar-refractivity contribution in [1.82, 2.24) is 26.7 Å². The molecule has 0 unspecified atom stereocenters. The van der Waals surface area contributed by atoms with Crippen molar-refractivity contribution in [3.05, 3.63) is 0 Å². The molecule has 1 atom stereocenters. The molecule has 0 bridgehead atoms. The number of carbonyl (C=O) groups is 5. The van der Waals surface area contributed by atoms with Gasteiger partial charge < -0.3 is 56.6 Å². The quantitative estimate of drug-likeness (QED) is 0.0145. The number of carboxylic acid groups (broad SMARTS) is 1. The molecular weight excluding hydrogens is 728 g/mol. The van der Waals surface area contributed by atoms with Crippen molar-refractivity contribution >= 4 is 35.4 Å². The van der Waals surface area contributed by atoms with E-state index in [0.717, 1.165) is 51.4 Å². The van der Waals surface area contributed by atoms with Crippen LogP contribution in [0.4, 0.5) is 0 Å². The first-order valence-electron chi connectivity index (χ1n) is 20.6. The van der Waals surface area contributed by atoms with E-state index in [1.54, 1.807) is 0 Å². The van der Waals surface area contributed by atoms with Gasteiger partial charge in [-0.2, -0.15) is 5.10 Å². The van der Waals surface area contributed by atoms with Crippen molar-refractivity contribution in [3.63, 3.8) is 0 Å². The van der Waals surface area contributed by atoms with Crippen molar-refractivity contribution in [3.8, 4) is 0 Å². The second kappa shape index (κ2) is 39.6. The van der Waals surface area contributed by atoms with E-state index < -0.39 is 12.0 Å². The topological polar surface area (TPSA) is 267 Å². The van der Waals surface area contributed by atoms with Crippen LogP contribution in [0.3, 0.4) is 0 Å². The monoisotopic (exact) mass is 803 g/mol. The van der Waals surface area contributed by atoms with Gasteiger partial charge in [-0.15, -0.1) is 0 Å². The Morgan fingerprint density at radius 3 is 1.46 bits per heavy atom. The van der Waals surface area contributed by atoms with Gasteiger partial charge in [0.05, 0.1) is 39.6 Å². The summed E-state index contributed by atoms with van der Waals surface area (Å²) in [6, 6.07) is -1.13. The minimum atomic E-state index is -1.17. The molecule has 0 radical (unpaired) electrons. The molecule has 0 aromatic rings. The molecular formula is C38H74N8O10. The second-order valence-corrected chi connectivity index (χ2v) is 13.5. The average molecular weight is 803 g/mol. The number of hydrogen-bond acceptors (Lipinski definition) is 12. The summed E-state index contributed by atoms with van der Waals surface area (Å²) in [5.74, 6) is 8.90. The number of carbonyl (C=O) groups excluding carboxylic acids is 4. The maximum absolute atomic E-state index is 12.3. The van der Waals surface area contributed by atoms with Crippen LogP contribution >= 0.6 is 0 Å². The summed E-state index contributed by atoms with van der Waals surface area (Å²) in [6.45, 7) is 4.59. The zero-order valence-electron chi connectivity index (χ0n) is 34.0. The number of nitrogens with zero attached hydrogens (tertiary/aromatic N) is 1. The van der Waals surface area contributed by atoms with E-state index in [4.69, 9.17) is 30.6 Å². The highest BCUT2D eigenvalue weighted by Gasteiger charge is 2.20. The van der Waals surface area contributed by atoms with Gasteiger partial charge in [0.2, 0.25) is 23.6 Å². The number of carboxylic acids is 1. The first-order valence-corrected chi connectivity index (χ1v) is 20.6. The molecule has 0 aromatic carbocycles. The molecule has 0 aliphatic heterocycles. The van der Waals surface area contributed by atoms with Gasteiger partial charge in [-0.25, -0.2) is 10.6 Å². The molecule has 0 aliphatic carbocycles. The molecule has 0 saturated heterocycles. The van der Waals surface area contributed by atoms with Crippen LogP contribution in [0.1, 0.15) is 129 Å². The predicted molar refractivity (Wildman–Crippen MR) is 214 cm³/mol. The molecule has 0 aromatic heterocycles. The molecule has 0 rings (SSSR count). The molecule has 0 heterocycles. The number of unbranched alkanes of at least 4 members (excludes halogenated alkanes) is 13. The summed E-state index contributed by atoms with van der Waals surface area (Å²) >= 11 is 0. The van der Waals surface area contributed by atoms with E-state index >= 15 is 0 Å². The third-order valence-corrected chi connectivity index (χ3v) is 8.63. The van der Waals surface area contributed by atoms with Crippen molar-refractivity contribution in [2.75, 3.05) is 72.5 Å². The van der Waals surface area contributed by atoms with Crippen LogP contribution in [-0.2, 0) is 42.9 Å². The van der Waals surface area contributed by atoms with Gasteiger partial charge in [-0.3, -0.25) is 19.2 Å². The van der Waals surface area contributed by atoms with Gasteiger partial charge in [0.1, 0.15) is 25.1 Å². The Morgan fingerprint density at radius 2 is 1.00 bits per heavy atom. The maximum atomic E-state index is 12.3. The summed E-state index contributed by atoms with van der Waals surface area (Å²) in [4.78, 5) is 59.5. The number of amides is 4. The molecule has 0 saturated carbocycles. The summed E-state index contributed by atoms with van der Waals surface area (Å²) in [5.41, 5.74) is 2.50.